The highest BCUT2D eigenvalue weighted by Gasteiger charge is 2.53. The second-order valence-corrected chi connectivity index (χ2v) is 5.21. The summed E-state index contributed by atoms with van der Waals surface area (Å²) in [5.74, 6) is -0.812. The van der Waals surface area contributed by atoms with Crippen molar-refractivity contribution >= 4 is 0 Å². The lowest BCUT2D eigenvalue weighted by Gasteiger charge is -2.56. The molecule has 0 heterocycles. The van der Waals surface area contributed by atoms with Gasteiger partial charge >= 0.3 is 0 Å². The molecule has 0 aliphatic heterocycles. The lowest BCUT2D eigenvalue weighted by molar-refractivity contribution is 0.0208. The van der Waals surface area contributed by atoms with Crippen molar-refractivity contribution in [2.75, 3.05) is 7.05 Å². The van der Waals surface area contributed by atoms with Gasteiger partial charge in [-0.3, -0.25) is 0 Å². The normalized spacial score (nSPS) is 25.8. The maximum absolute atomic E-state index is 13.9. The van der Waals surface area contributed by atoms with E-state index < -0.39 is 11.6 Å². The highest BCUT2D eigenvalue weighted by atomic mass is 19.1. The largest absolute Gasteiger partial charge is 0.316 e. The van der Waals surface area contributed by atoms with E-state index in [0.717, 1.165) is 19.3 Å². The molecule has 2 unspecified atom stereocenters. The summed E-state index contributed by atoms with van der Waals surface area (Å²) < 4.78 is 27.8. The zero-order chi connectivity index (χ0) is 13.3. The molecule has 1 nitrogen and oxygen atoms in total. The van der Waals surface area contributed by atoms with Crippen LogP contribution in [0.5, 0.6) is 0 Å². The third-order valence-electron chi connectivity index (χ3n) is 4.87. The van der Waals surface area contributed by atoms with Gasteiger partial charge < -0.3 is 5.32 Å². The van der Waals surface area contributed by atoms with E-state index in [0.29, 0.717) is 6.04 Å². The first-order valence-corrected chi connectivity index (χ1v) is 6.71. The Morgan fingerprint density at radius 2 is 1.78 bits per heavy atom. The van der Waals surface area contributed by atoms with Gasteiger partial charge in [0.2, 0.25) is 0 Å². The summed E-state index contributed by atoms with van der Waals surface area (Å²) >= 11 is 0. The first kappa shape index (κ1) is 13.5. The van der Waals surface area contributed by atoms with Gasteiger partial charge in [-0.1, -0.05) is 19.9 Å². The zero-order valence-electron chi connectivity index (χ0n) is 11.3. The Labute approximate surface area is 108 Å². The molecule has 0 amide bonds. The van der Waals surface area contributed by atoms with Crippen molar-refractivity contribution in [1.82, 2.24) is 5.32 Å². The molecule has 1 saturated carbocycles. The second-order valence-electron chi connectivity index (χ2n) is 5.21. The Hall–Kier alpha value is -0.960. The maximum atomic E-state index is 13.9. The summed E-state index contributed by atoms with van der Waals surface area (Å²) in [6, 6.07) is 4.51. The first-order chi connectivity index (χ1) is 8.60. The van der Waals surface area contributed by atoms with Crippen LogP contribution in [0.2, 0.25) is 0 Å². The van der Waals surface area contributed by atoms with E-state index >= 15 is 0 Å². The second kappa shape index (κ2) is 4.96. The molecule has 0 aromatic heterocycles. The predicted octanol–water partition coefficient (Wildman–Crippen LogP) is 3.85. The van der Waals surface area contributed by atoms with Crippen LogP contribution in [-0.2, 0) is 0 Å². The van der Waals surface area contributed by atoms with Gasteiger partial charge in [-0.25, -0.2) is 8.78 Å². The van der Waals surface area contributed by atoms with Gasteiger partial charge in [0.05, 0.1) is 0 Å². The van der Waals surface area contributed by atoms with Crippen molar-refractivity contribution in [3.05, 3.63) is 35.4 Å². The van der Waals surface area contributed by atoms with Crippen LogP contribution in [0.4, 0.5) is 8.78 Å². The van der Waals surface area contributed by atoms with Gasteiger partial charge in [-0.15, -0.1) is 0 Å². The van der Waals surface area contributed by atoms with Gasteiger partial charge in [0.15, 0.2) is 0 Å². The lowest BCUT2D eigenvalue weighted by Crippen LogP contribution is -2.57. The molecule has 3 heteroatoms. The molecule has 2 rings (SSSR count). The minimum absolute atomic E-state index is 0.00819. The van der Waals surface area contributed by atoms with Crippen molar-refractivity contribution < 1.29 is 8.78 Å². The summed E-state index contributed by atoms with van der Waals surface area (Å²) in [5, 5.41) is 3.29. The quantitative estimate of drug-likeness (QED) is 0.859. The number of hydrogen-bond acceptors (Lipinski definition) is 1. The molecule has 1 aromatic rings. The summed E-state index contributed by atoms with van der Waals surface area (Å²) in [6.07, 6.45) is 2.69. The van der Waals surface area contributed by atoms with E-state index in [2.05, 4.69) is 19.2 Å². The van der Waals surface area contributed by atoms with Crippen LogP contribution in [0.15, 0.2) is 18.2 Å². The third kappa shape index (κ3) is 1.76. The molecular weight excluding hydrogens is 232 g/mol. The van der Waals surface area contributed by atoms with Crippen LogP contribution in [-0.4, -0.2) is 13.1 Å². The van der Waals surface area contributed by atoms with E-state index in [4.69, 9.17) is 0 Å². The van der Waals surface area contributed by atoms with Crippen LogP contribution in [0.3, 0.4) is 0 Å². The maximum Gasteiger partial charge on any atom is 0.129 e. The van der Waals surface area contributed by atoms with E-state index in [-0.39, 0.29) is 16.9 Å². The molecule has 1 aromatic carbocycles. The zero-order valence-corrected chi connectivity index (χ0v) is 11.3. The fraction of sp³-hybridized carbons (Fsp3) is 0.600. The van der Waals surface area contributed by atoms with Crippen LogP contribution < -0.4 is 5.32 Å². The number of rotatable bonds is 4. The Kier molecular flexibility index (Phi) is 3.71. The van der Waals surface area contributed by atoms with Crippen molar-refractivity contribution in [3.8, 4) is 0 Å². The van der Waals surface area contributed by atoms with Crippen molar-refractivity contribution in [3.63, 3.8) is 0 Å². The van der Waals surface area contributed by atoms with Gasteiger partial charge in [-0.05, 0) is 49.8 Å². The van der Waals surface area contributed by atoms with Gasteiger partial charge in [-0.2, -0.15) is 0 Å². The summed E-state index contributed by atoms with van der Waals surface area (Å²) in [4.78, 5) is 0. The SMILES string of the molecule is CCC1(CC)C(NC)CC1c1c(F)cccc1F. The Morgan fingerprint density at radius 3 is 2.22 bits per heavy atom. The predicted molar refractivity (Wildman–Crippen MR) is 69.6 cm³/mol. The summed E-state index contributed by atoms with van der Waals surface area (Å²) in [6.45, 7) is 4.22. The molecule has 0 radical (unpaired) electrons. The fourth-order valence-corrected chi connectivity index (χ4v) is 3.68. The van der Waals surface area contributed by atoms with E-state index in [1.54, 1.807) is 0 Å². The Morgan fingerprint density at radius 1 is 1.22 bits per heavy atom. The molecular formula is C15H21F2N. The molecule has 1 aliphatic carbocycles. The van der Waals surface area contributed by atoms with Gasteiger partial charge in [0, 0.05) is 11.6 Å². The molecule has 100 valence electrons. The molecule has 2 atom stereocenters. The standard InChI is InChI=1S/C15H21F2N/c1-4-15(5-2)10(9-13(15)18-3)14-11(16)7-6-8-12(14)17/h6-8,10,13,18H,4-5,9H2,1-3H3. The highest BCUT2D eigenvalue weighted by Crippen LogP contribution is 2.57. The van der Waals surface area contributed by atoms with Crippen LogP contribution in [0.25, 0.3) is 0 Å². The monoisotopic (exact) mass is 253 g/mol. The minimum Gasteiger partial charge on any atom is -0.316 e. The molecule has 18 heavy (non-hydrogen) atoms. The molecule has 0 saturated heterocycles. The molecule has 1 N–H and O–H groups in total. The minimum atomic E-state index is -0.402. The number of hydrogen-bond donors (Lipinski definition) is 1. The van der Waals surface area contributed by atoms with E-state index in [1.165, 1.54) is 18.2 Å². The third-order valence-corrected chi connectivity index (χ3v) is 4.87. The number of benzene rings is 1. The Bertz CT molecular complexity index is 406. The van der Waals surface area contributed by atoms with Crippen molar-refractivity contribution in [1.29, 1.82) is 0 Å². The fourth-order valence-electron chi connectivity index (χ4n) is 3.68. The van der Waals surface area contributed by atoms with Gasteiger partial charge in [0.25, 0.3) is 0 Å². The average molecular weight is 253 g/mol. The van der Waals surface area contributed by atoms with E-state index in [9.17, 15) is 8.78 Å². The van der Waals surface area contributed by atoms with Crippen LogP contribution in [0, 0.1) is 17.0 Å². The summed E-state index contributed by atoms with van der Waals surface area (Å²) in [5.41, 5.74) is 0.269. The summed E-state index contributed by atoms with van der Waals surface area (Å²) in [7, 11) is 1.93. The Balaban J connectivity index is 2.40. The van der Waals surface area contributed by atoms with Crippen molar-refractivity contribution in [2.24, 2.45) is 5.41 Å². The number of nitrogens with one attached hydrogen (secondary N) is 1. The smallest absolute Gasteiger partial charge is 0.129 e. The van der Waals surface area contributed by atoms with Crippen LogP contribution in [0.1, 0.15) is 44.6 Å². The molecule has 0 spiro atoms. The number of halogens is 2. The molecule has 1 aliphatic rings. The van der Waals surface area contributed by atoms with Gasteiger partial charge in [0.1, 0.15) is 11.6 Å². The molecule has 1 fully saturated rings. The lowest BCUT2D eigenvalue weighted by atomic mass is 9.51. The highest BCUT2D eigenvalue weighted by molar-refractivity contribution is 5.31. The molecule has 0 bridgehead atoms. The first-order valence-electron chi connectivity index (χ1n) is 6.71. The topological polar surface area (TPSA) is 12.0 Å². The van der Waals surface area contributed by atoms with Crippen molar-refractivity contribution in [2.45, 2.75) is 45.1 Å². The van der Waals surface area contributed by atoms with E-state index in [1.807, 2.05) is 7.05 Å². The average Bonchev–Trinajstić information content (AvgIpc) is 2.34. The van der Waals surface area contributed by atoms with Crippen LogP contribution >= 0.6 is 0 Å².